The van der Waals surface area contributed by atoms with Crippen LogP contribution >= 0.6 is 0 Å². The molecule has 0 spiro atoms. The molecular weight excluding hydrogens is 559 g/mol. The van der Waals surface area contributed by atoms with Gasteiger partial charge in [-0.2, -0.15) is 0 Å². The number of carbonyl (C=O) groups excluding carboxylic acids is 2. The average Bonchev–Trinajstić information content (AvgIpc) is 3.07. The number of benzene rings is 1. The molecule has 5 nitrogen and oxygen atoms in total. The maximum atomic E-state index is 14.4. The van der Waals surface area contributed by atoms with Gasteiger partial charge in [-0.15, -0.1) is 0 Å². The first kappa shape index (κ1) is 29.7. The number of carbonyl (C=O) groups is 2. The van der Waals surface area contributed by atoms with E-state index in [-0.39, 0.29) is 40.5 Å². The first-order valence-electron chi connectivity index (χ1n) is 14.0. The number of rotatable bonds is 7. The molecule has 3 aliphatic rings. The second-order valence-corrected chi connectivity index (χ2v) is 20.4. The summed E-state index contributed by atoms with van der Waals surface area (Å²) in [5.74, 6) is -0.496. The van der Waals surface area contributed by atoms with Crippen molar-refractivity contribution in [3.8, 4) is 0 Å². The second-order valence-electron chi connectivity index (χ2n) is 13.6. The van der Waals surface area contributed by atoms with Gasteiger partial charge in [0.1, 0.15) is 0 Å². The Morgan fingerprint density at radius 3 is 2.37 bits per heavy atom. The van der Waals surface area contributed by atoms with Gasteiger partial charge in [0.2, 0.25) is 0 Å². The molecule has 0 bridgehead atoms. The van der Waals surface area contributed by atoms with Gasteiger partial charge in [0.05, 0.1) is 0 Å². The summed E-state index contributed by atoms with van der Waals surface area (Å²) >= 11 is 0.294. The van der Waals surface area contributed by atoms with Crippen LogP contribution in [-0.2, 0) is 23.5 Å². The van der Waals surface area contributed by atoms with Crippen LogP contribution in [0.5, 0.6) is 0 Å². The van der Waals surface area contributed by atoms with Gasteiger partial charge in [-0.1, -0.05) is 0 Å². The fraction of sp³-hybridized carbons (Fsp3) is 0.677. The minimum atomic E-state index is -2.03. The van der Waals surface area contributed by atoms with E-state index in [9.17, 15) is 9.59 Å². The molecule has 0 N–H and O–H groups in total. The summed E-state index contributed by atoms with van der Waals surface area (Å²) in [7, 11) is -2.03. The molecule has 0 unspecified atom stereocenters. The molecule has 1 heterocycles. The fourth-order valence-corrected chi connectivity index (χ4v) is 10.8. The molecule has 0 aromatic heterocycles. The van der Waals surface area contributed by atoms with Crippen LogP contribution in [0.2, 0.25) is 25.0 Å². The van der Waals surface area contributed by atoms with Crippen LogP contribution in [0.15, 0.2) is 42.0 Å². The van der Waals surface area contributed by atoms with Crippen molar-refractivity contribution in [2.24, 2.45) is 22.7 Å². The maximum absolute atomic E-state index is 14.4. The van der Waals surface area contributed by atoms with E-state index in [2.05, 4.69) is 70.8 Å². The molecule has 2 saturated carbocycles. The van der Waals surface area contributed by atoms with E-state index in [1.165, 1.54) is 11.4 Å². The van der Waals surface area contributed by atoms with Crippen molar-refractivity contribution in [1.29, 1.82) is 0 Å². The Bertz CT molecular complexity index is 1080. The van der Waals surface area contributed by atoms with Crippen LogP contribution in [0.25, 0.3) is 0 Å². The molecule has 7 atom stereocenters. The summed E-state index contributed by atoms with van der Waals surface area (Å²) in [6.45, 7) is 18.9. The van der Waals surface area contributed by atoms with Gasteiger partial charge in [-0.3, -0.25) is 0 Å². The molecule has 3 fully saturated rings. The third-order valence-electron chi connectivity index (χ3n) is 9.02. The second kappa shape index (κ2) is 10.6. The van der Waals surface area contributed by atoms with Crippen molar-refractivity contribution < 1.29 is 23.5 Å². The Balaban J connectivity index is 1.75. The normalized spacial score (nSPS) is 36.9. The van der Waals surface area contributed by atoms with Gasteiger partial charge in [-0.25, -0.2) is 0 Å². The third-order valence-corrected chi connectivity index (χ3v) is 12.0. The summed E-state index contributed by atoms with van der Waals surface area (Å²) < 4.78 is 21.2. The number of esters is 1. The summed E-state index contributed by atoms with van der Waals surface area (Å²) in [6.07, 6.45) is 3.68. The van der Waals surface area contributed by atoms with Crippen molar-refractivity contribution in [3.63, 3.8) is 0 Å². The Labute approximate surface area is 236 Å². The number of hydrogen-bond donors (Lipinski definition) is 0. The number of ketones is 1. The molecule has 0 radical (unpaired) electrons. The number of fused-ring (bicyclic) bond motifs is 3. The Morgan fingerprint density at radius 1 is 1.11 bits per heavy atom. The third kappa shape index (κ3) is 5.51. The molecule has 7 heteroatoms. The first-order chi connectivity index (χ1) is 17.6. The topological polar surface area (TPSA) is 61.8 Å². The van der Waals surface area contributed by atoms with E-state index in [1.54, 1.807) is 0 Å². The molecule has 1 saturated heterocycles. The SMILES string of the molecule is CC(=O)O[C@H]1[C@@H](O[Si](C)(C)C)[C@H]2C(C)(C)CCC[C@]2(C)[C@H]2C(=O)[C@H](/C(C)=C/C[Se]c3ccccc3)O[C@@]21C. The van der Waals surface area contributed by atoms with Gasteiger partial charge >= 0.3 is 237 Å². The van der Waals surface area contributed by atoms with Gasteiger partial charge in [0, 0.05) is 0 Å². The van der Waals surface area contributed by atoms with Crippen molar-refractivity contribution >= 4 is 39.5 Å². The zero-order valence-corrected chi connectivity index (χ0v) is 27.3. The van der Waals surface area contributed by atoms with Crippen LogP contribution in [0.4, 0.5) is 0 Å². The number of allylic oxidation sites excluding steroid dienone is 1. The van der Waals surface area contributed by atoms with E-state index in [0.29, 0.717) is 15.0 Å². The van der Waals surface area contributed by atoms with Crippen LogP contribution in [0.3, 0.4) is 0 Å². The quantitative estimate of drug-likeness (QED) is 0.226. The molecular formula is C31H46O5SeSi. The fourth-order valence-electron chi connectivity index (χ4n) is 7.91. The van der Waals surface area contributed by atoms with E-state index in [4.69, 9.17) is 13.9 Å². The Morgan fingerprint density at radius 2 is 1.76 bits per heavy atom. The molecule has 1 aromatic rings. The molecule has 1 aromatic carbocycles. The van der Waals surface area contributed by atoms with Gasteiger partial charge in [0.25, 0.3) is 0 Å². The standard InChI is InChI=1S/C31H46O5SeSi/c1-20(16-19-37-22-14-11-10-12-15-22)24-23(33)26-30(5)18-13-17-29(3,4)27(30)25(36-38(7,8)9)28(34-21(2)32)31(26,6)35-24/h10-12,14-16,24-28H,13,17-19H2,1-9H3/b20-16+/t24-,25-,26+,27-,28-,30+,31-/m0/s1. The summed E-state index contributed by atoms with van der Waals surface area (Å²) in [5, 5.41) is 0.902. The molecule has 1 aliphatic heterocycles. The number of hydrogen-bond acceptors (Lipinski definition) is 5. The van der Waals surface area contributed by atoms with Crippen molar-refractivity contribution in [1.82, 2.24) is 0 Å². The summed E-state index contributed by atoms with van der Waals surface area (Å²) in [4.78, 5) is 26.9. The number of Topliss-reactive ketones (excluding diaryl/α,β-unsaturated/α-hetero) is 1. The number of ether oxygens (including phenoxy) is 2. The molecule has 0 amide bonds. The van der Waals surface area contributed by atoms with E-state index >= 15 is 0 Å². The van der Waals surface area contributed by atoms with E-state index in [1.807, 2.05) is 19.9 Å². The average molecular weight is 606 g/mol. The van der Waals surface area contributed by atoms with Crippen molar-refractivity contribution in [3.05, 3.63) is 42.0 Å². The summed E-state index contributed by atoms with van der Waals surface area (Å²) in [6, 6.07) is 10.5. The Kier molecular flexibility index (Phi) is 8.31. The Hall–Kier alpha value is -1.24. The molecule has 4 rings (SSSR count). The van der Waals surface area contributed by atoms with Crippen LogP contribution in [0.1, 0.15) is 60.8 Å². The van der Waals surface area contributed by atoms with Crippen LogP contribution in [0, 0.1) is 22.7 Å². The first-order valence-corrected chi connectivity index (χ1v) is 19.5. The van der Waals surface area contributed by atoms with Crippen molar-refractivity contribution in [2.75, 3.05) is 0 Å². The molecule has 38 heavy (non-hydrogen) atoms. The van der Waals surface area contributed by atoms with Gasteiger partial charge < -0.3 is 0 Å². The minimum absolute atomic E-state index is 0.0570. The van der Waals surface area contributed by atoms with Gasteiger partial charge in [0.15, 0.2) is 0 Å². The van der Waals surface area contributed by atoms with Crippen LogP contribution < -0.4 is 4.46 Å². The van der Waals surface area contributed by atoms with Gasteiger partial charge in [-0.05, 0) is 0 Å². The van der Waals surface area contributed by atoms with E-state index in [0.717, 1.165) is 30.2 Å². The monoisotopic (exact) mass is 606 g/mol. The zero-order chi connectivity index (χ0) is 28.1. The predicted octanol–water partition coefficient (Wildman–Crippen LogP) is 5.72. The van der Waals surface area contributed by atoms with E-state index < -0.39 is 26.1 Å². The predicted molar refractivity (Wildman–Crippen MR) is 155 cm³/mol. The van der Waals surface area contributed by atoms with Crippen LogP contribution in [-0.4, -0.2) is 58.9 Å². The summed E-state index contributed by atoms with van der Waals surface area (Å²) in [5.41, 5.74) is -0.352. The molecule has 210 valence electrons. The zero-order valence-electron chi connectivity index (χ0n) is 24.6. The van der Waals surface area contributed by atoms with Crippen molar-refractivity contribution in [2.45, 2.75) is 110 Å². The molecule has 2 aliphatic carbocycles.